The third-order valence-electron chi connectivity index (χ3n) is 8.82. The molecular weight excluding hydrogens is 621 g/mol. The SMILES string of the molecule is CCCCS(=O)(=O)NC(=O)c1ccc(N2C[C@@H]3C[C@H]2C[C@H]3OCc2c(-c3ccccc3C(F)(F)F)noc2C2(F)CC2)c(F)c1. The van der Waals surface area contributed by atoms with Crippen LogP contribution in [0.2, 0.25) is 0 Å². The van der Waals surface area contributed by atoms with Crippen molar-refractivity contribution in [2.24, 2.45) is 5.92 Å². The van der Waals surface area contributed by atoms with Crippen LogP contribution in [0.3, 0.4) is 0 Å². The number of fused-ring (bicyclic) bond motifs is 2. The zero-order chi connectivity index (χ0) is 32.1. The van der Waals surface area contributed by atoms with Gasteiger partial charge in [-0.25, -0.2) is 21.9 Å². The van der Waals surface area contributed by atoms with Gasteiger partial charge in [0.2, 0.25) is 10.0 Å². The van der Waals surface area contributed by atoms with Gasteiger partial charge in [0.15, 0.2) is 11.4 Å². The van der Waals surface area contributed by atoms with E-state index in [2.05, 4.69) is 5.16 Å². The molecule has 2 bridgehead atoms. The van der Waals surface area contributed by atoms with Gasteiger partial charge < -0.3 is 14.2 Å². The number of carbonyl (C=O) groups is 1. The summed E-state index contributed by atoms with van der Waals surface area (Å²) in [4.78, 5) is 14.3. The molecule has 6 rings (SSSR count). The lowest BCUT2D eigenvalue weighted by molar-refractivity contribution is -0.137. The molecule has 1 aliphatic heterocycles. The summed E-state index contributed by atoms with van der Waals surface area (Å²) in [5.41, 5.74) is -2.70. The number of ether oxygens (including phenoxy) is 1. The minimum absolute atomic E-state index is 0.0319. The maximum atomic E-state index is 15.2. The van der Waals surface area contributed by atoms with E-state index in [0.717, 1.165) is 12.1 Å². The number of hydrogen-bond acceptors (Lipinski definition) is 7. The van der Waals surface area contributed by atoms with E-state index in [-0.39, 0.29) is 77.1 Å². The molecule has 2 aliphatic carbocycles. The van der Waals surface area contributed by atoms with Crippen molar-refractivity contribution < 1.29 is 44.4 Å². The number of anilines is 1. The number of alkyl halides is 4. The Hall–Kier alpha value is -3.52. The Labute approximate surface area is 257 Å². The number of unbranched alkanes of at least 4 members (excludes halogenated alkanes) is 1. The number of sulfonamides is 1. The fourth-order valence-corrected chi connectivity index (χ4v) is 7.51. The number of rotatable bonds is 11. The Morgan fingerprint density at radius 1 is 1.18 bits per heavy atom. The van der Waals surface area contributed by atoms with Crippen LogP contribution in [0.25, 0.3) is 11.3 Å². The summed E-state index contributed by atoms with van der Waals surface area (Å²) in [6.07, 6.45) is -2.40. The van der Waals surface area contributed by atoms with Crippen LogP contribution in [0.5, 0.6) is 0 Å². The molecule has 2 aromatic carbocycles. The lowest BCUT2D eigenvalue weighted by Crippen LogP contribution is -2.39. The summed E-state index contributed by atoms with van der Waals surface area (Å²) in [6, 6.07) is 8.66. The number of halogens is 5. The Morgan fingerprint density at radius 3 is 2.58 bits per heavy atom. The average molecular weight is 654 g/mol. The lowest BCUT2D eigenvalue weighted by Gasteiger charge is -2.33. The molecule has 3 aromatic rings. The van der Waals surface area contributed by atoms with Gasteiger partial charge >= 0.3 is 6.18 Å². The van der Waals surface area contributed by atoms with Crippen LogP contribution in [0.1, 0.15) is 72.7 Å². The molecule has 1 saturated heterocycles. The maximum absolute atomic E-state index is 15.2. The predicted octanol–water partition coefficient (Wildman–Crippen LogP) is 6.50. The molecule has 242 valence electrons. The maximum Gasteiger partial charge on any atom is 0.417 e. The highest BCUT2D eigenvalue weighted by molar-refractivity contribution is 7.90. The Balaban J connectivity index is 1.14. The Kier molecular flexibility index (Phi) is 8.17. The van der Waals surface area contributed by atoms with Gasteiger partial charge in [0.25, 0.3) is 5.91 Å². The van der Waals surface area contributed by atoms with Crippen molar-refractivity contribution in [1.82, 2.24) is 9.88 Å². The van der Waals surface area contributed by atoms with Gasteiger partial charge in [0.05, 0.1) is 35.3 Å². The van der Waals surface area contributed by atoms with E-state index >= 15 is 8.78 Å². The number of hydrogen-bond donors (Lipinski definition) is 1. The van der Waals surface area contributed by atoms with Crippen LogP contribution in [0.15, 0.2) is 47.0 Å². The van der Waals surface area contributed by atoms with Crippen LogP contribution >= 0.6 is 0 Å². The number of carbonyl (C=O) groups excluding carboxylic acids is 1. The first-order chi connectivity index (χ1) is 21.3. The summed E-state index contributed by atoms with van der Waals surface area (Å²) in [7, 11) is -3.83. The van der Waals surface area contributed by atoms with Crippen LogP contribution in [-0.2, 0) is 33.2 Å². The van der Waals surface area contributed by atoms with Crippen LogP contribution in [0, 0.1) is 11.7 Å². The van der Waals surface area contributed by atoms with E-state index in [1.807, 2.05) is 16.5 Å². The van der Waals surface area contributed by atoms with Gasteiger partial charge in [-0.05, 0) is 56.4 Å². The number of nitrogens with zero attached hydrogens (tertiary/aromatic N) is 2. The molecule has 1 aromatic heterocycles. The number of piperidine rings is 1. The summed E-state index contributed by atoms with van der Waals surface area (Å²) >= 11 is 0. The highest BCUT2D eigenvalue weighted by atomic mass is 32.2. The molecule has 2 heterocycles. The molecule has 1 N–H and O–H groups in total. The summed E-state index contributed by atoms with van der Waals surface area (Å²) in [5, 5.41) is 3.87. The monoisotopic (exact) mass is 653 g/mol. The first-order valence-electron chi connectivity index (χ1n) is 14.9. The number of amides is 1. The van der Waals surface area contributed by atoms with Crippen LogP contribution in [0.4, 0.5) is 27.6 Å². The van der Waals surface area contributed by atoms with E-state index < -0.39 is 39.2 Å². The predicted molar refractivity (Wildman–Crippen MR) is 154 cm³/mol. The topological polar surface area (TPSA) is 102 Å². The number of aromatic nitrogens is 1. The second-order valence-electron chi connectivity index (χ2n) is 12.0. The van der Waals surface area contributed by atoms with Gasteiger partial charge in [-0.15, -0.1) is 0 Å². The molecule has 3 aliphatic rings. The Morgan fingerprint density at radius 2 is 1.93 bits per heavy atom. The van der Waals surface area contributed by atoms with Crippen molar-refractivity contribution in [3.05, 3.63) is 70.7 Å². The van der Waals surface area contributed by atoms with E-state index in [9.17, 15) is 26.4 Å². The fourth-order valence-electron chi connectivity index (χ4n) is 6.34. The van der Waals surface area contributed by atoms with Crippen molar-refractivity contribution in [1.29, 1.82) is 0 Å². The third kappa shape index (κ3) is 6.31. The third-order valence-corrected chi connectivity index (χ3v) is 10.1. The molecule has 0 spiro atoms. The Bertz CT molecular complexity index is 1710. The van der Waals surface area contributed by atoms with Gasteiger partial charge in [-0.2, -0.15) is 13.2 Å². The van der Waals surface area contributed by atoms with Gasteiger partial charge in [-0.1, -0.05) is 36.7 Å². The fraction of sp³-hybridized carbons (Fsp3) is 0.484. The molecule has 3 fully saturated rings. The van der Waals surface area contributed by atoms with Crippen molar-refractivity contribution >= 4 is 21.6 Å². The molecule has 0 radical (unpaired) electrons. The summed E-state index contributed by atoms with van der Waals surface area (Å²) in [6.45, 7) is 2.06. The quantitative estimate of drug-likeness (QED) is 0.236. The van der Waals surface area contributed by atoms with E-state index in [1.54, 1.807) is 0 Å². The van der Waals surface area contributed by atoms with Crippen molar-refractivity contribution in [2.75, 3.05) is 17.2 Å². The molecule has 14 heteroatoms. The summed E-state index contributed by atoms with van der Waals surface area (Å²) < 4.78 is 109. The van der Waals surface area contributed by atoms with Crippen LogP contribution in [-0.4, -0.2) is 43.9 Å². The van der Waals surface area contributed by atoms with E-state index in [0.29, 0.717) is 32.2 Å². The molecule has 3 atom stereocenters. The molecule has 0 unspecified atom stereocenters. The molecular formula is C31H32F5N3O5S. The molecule has 2 saturated carbocycles. The highest BCUT2D eigenvalue weighted by Gasteiger charge is 2.52. The summed E-state index contributed by atoms with van der Waals surface area (Å²) in [5.74, 6) is -1.91. The zero-order valence-corrected chi connectivity index (χ0v) is 25.2. The van der Waals surface area contributed by atoms with Gasteiger partial charge in [-0.3, -0.25) is 4.79 Å². The highest BCUT2D eigenvalue weighted by Crippen LogP contribution is 2.53. The minimum Gasteiger partial charge on any atom is -0.373 e. The first kappa shape index (κ1) is 31.5. The molecule has 45 heavy (non-hydrogen) atoms. The van der Waals surface area contributed by atoms with Crippen LogP contribution < -0.4 is 9.62 Å². The smallest absolute Gasteiger partial charge is 0.373 e. The van der Waals surface area contributed by atoms with Crippen molar-refractivity contribution in [3.8, 4) is 11.3 Å². The van der Waals surface area contributed by atoms with E-state index in [1.165, 1.54) is 30.3 Å². The van der Waals surface area contributed by atoms with E-state index in [4.69, 9.17) is 9.26 Å². The standard InChI is InChI=1S/C31H32F5N3O5S/c1-2-3-12-45(41,42)38-29(40)18-8-9-25(24(32)14-18)39-16-19-13-20(39)15-26(19)43-17-22-27(37-44-28(22)30(33)10-11-30)21-6-4-5-7-23(21)31(34,35)36/h4-9,14,19-20,26H,2-3,10-13,15-17H2,1H3,(H,38,40)/t19-,20-,26+/m0/s1. The number of benzene rings is 2. The lowest BCUT2D eigenvalue weighted by atomic mass is 9.99. The second kappa shape index (κ2) is 11.7. The largest absolute Gasteiger partial charge is 0.417 e. The molecule has 1 amide bonds. The average Bonchev–Trinajstić information content (AvgIpc) is 3.31. The van der Waals surface area contributed by atoms with Gasteiger partial charge in [0.1, 0.15) is 11.5 Å². The zero-order valence-electron chi connectivity index (χ0n) is 24.4. The number of nitrogens with one attached hydrogen (secondary N) is 1. The minimum atomic E-state index is -4.65. The molecule has 8 nitrogen and oxygen atoms in total. The second-order valence-corrected chi connectivity index (χ2v) is 13.8. The first-order valence-corrected chi connectivity index (χ1v) is 16.5. The van der Waals surface area contributed by atoms with Crippen molar-refractivity contribution in [2.45, 2.75) is 76.0 Å². The normalized spacial score (nSPS) is 22.2. The van der Waals surface area contributed by atoms with Gasteiger partial charge in [0, 0.05) is 29.6 Å². The van der Waals surface area contributed by atoms with Crippen molar-refractivity contribution in [3.63, 3.8) is 0 Å².